The Morgan fingerprint density at radius 1 is 1.65 bits per heavy atom. The minimum absolute atomic E-state index is 0.126. The van der Waals surface area contributed by atoms with Crippen LogP contribution in [-0.4, -0.2) is 35.6 Å². The molecule has 0 aromatic carbocycles. The molecule has 6 nitrogen and oxygen atoms in total. The van der Waals surface area contributed by atoms with Crippen molar-refractivity contribution < 1.29 is 4.92 Å². The van der Waals surface area contributed by atoms with E-state index in [-0.39, 0.29) is 10.6 Å². The molecule has 2 heterocycles. The van der Waals surface area contributed by atoms with Gasteiger partial charge in [-0.25, -0.2) is 4.98 Å². The smallest absolute Gasteiger partial charge is 0.314 e. The second-order valence-corrected chi connectivity index (χ2v) is 4.36. The number of hydrogen-bond acceptors (Lipinski definition) is 5. The van der Waals surface area contributed by atoms with E-state index in [0.29, 0.717) is 17.4 Å². The minimum Gasteiger partial charge on any atom is -0.348 e. The molecule has 1 aromatic rings. The molecule has 17 heavy (non-hydrogen) atoms. The van der Waals surface area contributed by atoms with Crippen LogP contribution in [0.5, 0.6) is 0 Å². The molecule has 1 N–H and O–H groups in total. The van der Waals surface area contributed by atoms with E-state index in [1.54, 1.807) is 19.2 Å². The summed E-state index contributed by atoms with van der Waals surface area (Å²) in [5.41, 5.74) is 0.785. The number of pyridine rings is 1. The van der Waals surface area contributed by atoms with Crippen LogP contribution in [0.1, 0.15) is 12.5 Å². The van der Waals surface area contributed by atoms with Gasteiger partial charge in [0.15, 0.2) is 0 Å². The van der Waals surface area contributed by atoms with Gasteiger partial charge in [0.25, 0.3) is 0 Å². The van der Waals surface area contributed by atoms with Gasteiger partial charge in [0.1, 0.15) is 0 Å². The van der Waals surface area contributed by atoms with Gasteiger partial charge in [-0.15, -0.1) is 0 Å². The van der Waals surface area contributed by atoms with Gasteiger partial charge in [0.2, 0.25) is 5.82 Å². The molecule has 1 aromatic heterocycles. The van der Waals surface area contributed by atoms with E-state index in [0.717, 1.165) is 19.6 Å². The number of hydrogen-bond donors (Lipinski definition) is 1. The highest BCUT2D eigenvalue weighted by Gasteiger charge is 2.26. The first-order chi connectivity index (χ1) is 8.09. The highest BCUT2D eigenvalue weighted by atomic mass is 16.6. The second-order valence-electron chi connectivity index (χ2n) is 4.36. The van der Waals surface area contributed by atoms with Crippen LogP contribution >= 0.6 is 0 Å². The third-order valence-electron chi connectivity index (χ3n) is 2.96. The average Bonchev–Trinajstić information content (AvgIpc) is 2.28. The molecule has 0 amide bonds. The lowest BCUT2D eigenvalue weighted by Gasteiger charge is -2.32. The predicted octanol–water partition coefficient (Wildman–Crippen LogP) is 1.10. The van der Waals surface area contributed by atoms with Crippen molar-refractivity contribution >= 4 is 11.5 Å². The third-order valence-corrected chi connectivity index (χ3v) is 2.96. The molecule has 0 unspecified atom stereocenters. The van der Waals surface area contributed by atoms with Crippen LogP contribution in [0.15, 0.2) is 12.3 Å². The number of nitrogens with zero attached hydrogens (tertiary/aromatic N) is 3. The van der Waals surface area contributed by atoms with Gasteiger partial charge in [-0.05, 0) is 19.9 Å². The Hall–Kier alpha value is -1.69. The molecule has 0 aliphatic carbocycles. The Labute approximate surface area is 99.8 Å². The summed E-state index contributed by atoms with van der Waals surface area (Å²) in [7, 11) is 0. The fourth-order valence-electron chi connectivity index (χ4n) is 2.12. The first-order valence-corrected chi connectivity index (χ1v) is 5.68. The van der Waals surface area contributed by atoms with E-state index in [4.69, 9.17) is 0 Å². The van der Waals surface area contributed by atoms with Gasteiger partial charge < -0.3 is 10.2 Å². The monoisotopic (exact) mass is 236 g/mol. The Bertz CT molecular complexity index is 435. The molecule has 1 atom stereocenters. The zero-order valence-corrected chi connectivity index (χ0v) is 10.0. The third kappa shape index (κ3) is 2.36. The fourth-order valence-corrected chi connectivity index (χ4v) is 2.12. The van der Waals surface area contributed by atoms with Crippen molar-refractivity contribution in [2.75, 3.05) is 24.5 Å². The largest absolute Gasteiger partial charge is 0.348 e. The van der Waals surface area contributed by atoms with E-state index < -0.39 is 0 Å². The molecule has 1 aliphatic heterocycles. The standard InChI is InChI=1S/C11H16N4O2/c1-8-3-4-13-11(10(8)15(16)17)14-6-5-12-9(2)7-14/h3-4,9,12H,5-7H2,1-2H3/t9-/m0/s1. The van der Waals surface area contributed by atoms with Gasteiger partial charge in [-0.1, -0.05) is 0 Å². The number of aryl methyl sites for hydroxylation is 1. The fraction of sp³-hybridized carbons (Fsp3) is 0.545. The van der Waals surface area contributed by atoms with Crippen LogP contribution < -0.4 is 10.2 Å². The van der Waals surface area contributed by atoms with Crippen LogP contribution in [0.4, 0.5) is 11.5 Å². The van der Waals surface area contributed by atoms with Gasteiger partial charge in [0.05, 0.1) is 4.92 Å². The van der Waals surface area contributed by atoms with E-state index in [9.17, 15) is 10.1 Å². The number of aromatic nitrogens is 1. The van der Waals surface area contributed by atoms with Crippen LogP contribution in [0.2, 0.25) is 0 Å². The second kappa shape index (κ2) is 4.67. The summed E-state index contributed by atoms with van der Waals surface area (Å²) in [6.45, 7) is 6.13. The lowest BCUT2D eigenvalue weighted by molar-refractivity contribution is -0.384. The lowest BCUT2D eigenvalue weighted by Crippen LogP contribution is -2.49. The molecule has 92 valence electrons. The number of nitrogens with one attached hydrogen (secondary N) is 1. The van der Waals surface area contributed by atoms with Crippen molar-refractivity contribution in [3.05, 3.63) is 27.9 Å². The van der Waals surface area contributed by atoms with E-state index in [2.05, 4.69) is 17.2 Å². The summed E-state index contributed by atoms with van der Waals surface area (Å²) in [5.74, 6) is 0.489. The number of piperazine rings is 1. The molecule has 1 aliphatic rings. The first kappa shape index (κ1) is 11.8. The molecule has 6 heteroatoms. The summed E-state index contributed by atoms with van der Waals surface area (Å²) in [4.78, 5) is 16.9. The highest BCUT2D eigenvalue weighted by Crippen LogP contribution is 2.29. The summed E-state index contributed by atoms with van der Waals surface area (Å²) in [5, 5.41) is 14.4. The molecular weight excluding hydrogens is 220 g/mol. The van der Waals surface area contributed by atoms with Crippen LogP contribution in [-0.2, 0) is 0 Å². The van der Waals surface area contributed by atoms with Crippen molar-refractivity contribution in [1.82, 2.24) is 10.3 Å². The van der Waals surface area contributed by atoms with E-state index in [1.807, 2.05) is 4.90 Å². The Morgan fingerprint density at radius 2 is 2.41 bits per heavy atom. The van der Waals surface area contributed by atoms with E-state index in [1.165, 1.54) is 0 Å². The number of anilines is 1. The lowest BCUT2D eigenvalue weighted by atomic mass is 10.2. The zero-order valence-electron chi connectivity index (χ0n) is 10.0. The summed E-state index contributed by atoms with van der Waals surface area (Å²) in [6.07, 6.45) is 1.63. The minimum atomic E-state index is -0.343. The molecular formula is C11H16N4O2. The Morgan fingerprint density at radius 3 is 3.06 bits per heavy atom. The highest BCUT2D eigenvalue weighted by molar-refractivity contribution is 5.61. The van der Waals surface area contributed by atoms with Crippen LogP contribution in [0, 0.1) is 17.0 Å². The first-order valence-electron chi connectivity index (χ1n) is 5.68. The molecule has 0 saturated carbocycles. The van der Waals surface area contributed by atoms with Crippen LogP contribution in [0.3, 0.4) is 0 Å². The molecule has 0 spiro atoms. The number of nitro groups is 1. The zero-order chi connectivity index (χ0) is 12.4. The molecule has 2 rings (SSSR count). The van der Waals surface area contributed by atoms with Crippen LogP contribution in [0.25, 0.3) is 0 Å². The maximum atomic E-state index is 11.1. The molecule has 0 radical (unpaired) electrons. The predicted molar refractivity (Wildman–Crippen MR) is 65.3 cm³/mol. The van der Waals surface area contributed by atoms with Gasteiger partial charge >= 0.3 is 5.69 Å². The topological polar surface area (TPSA) is 71.3 Å². The maximum absolute atomic E-state index is 11.1. The SMILES string of the molecule is Cc1ccnc(N2CCN[C@@H](C)C2)c1[N+](=O)[O-]. The molecule has 1 fully saturated rings. The maximum Gasteiger partial charge on any atom is 0.314 e. The normalized spacial score (nSPS) is 20.4. The van der Waals surface area contributed by atoms with Gasteiger partial charge in [-0.3, -0.25) is 10.1 Å². The summed E-state index contributed by atoms with van der Waals surface area (Å²) >= 11 is 0. The van der Waals surface area contributed by atoms with Crippen molar-refractivity contribution in [3.63, 3.8) is 0 Å². The number of rotatable bonds is 2. The van der Waals surface area contributed by atoms with Crippen molar-refractivity contribution in [1.29, 1.82) is 0 Å². The van der Waals surface area contributed by atoms with Crippen molar-refractivity contribution in [3.8, 4) is 0 Å². The average molecular weight is 236 g/mol. The van der Waals surface area contributed by atoms with Crippen molar-refractivity contribution in [2.24, 2.45) is 0 Å². The summed E-state index contributed by atoms with van der Waals surface area (Å²) < 4.78 is 0. The van der Waals surface area contributed by atoms with Crippen molar-refractivity contribution in [2.45, 2.75) is 19.9 Å². The summed E-state index contributed by atoms with van der Waals surface area (Å²) in [6, 6.07) is 2.00. The Kier molecular flexibility index (Phi) is 3.23. The molecule has 1 saturated heterocycles. The molecule has 0 bridgehead atoms. The van der Waals surface area contributed by atoms with E-state index >= 15 is 0 Å². The van der Waals surface area contributed by atoms with Gasteiger partial charge in [0, 0.05) is 37.4 Å². The van der Waals surface area contributed by atoms with Gasteiger partial charge in [-0.2, -0.15) is 0 Å². The quantitative estimate of drug-likeness (QED) is 0.615. The Balaban J connectivity index is 2.37.